The summed E-state index contributed by atoms with van der Waals surface area (Å²) in [5, 5.41) is 118. The minimum absolute atomic E-state index is 0.662. The number of amides is 2. The number of ether oxygens (including phenoxy) is 7. The molecule has 0 saturated carbocycles. The molecule has 0 radical (unpaired) electrons. The van der Waals surface area contributed by atoms with Crippen molar-refractivity contribution in [1.82, 2.24) is 10.6 Å². The number of hydrogen-bond acceptors (Lipinski definition) is 20. The fourth-order valence-corrected chi connectivity index (χ4v) is 6.01. The van der Waals surface area contributed by atoms with Crippen LogP contribution in [0.25, 0.3) is 0 Å². The van der Waals surface area contributed by atoms with Crippen molar-refractivity contribution >= 4 is 23.8 Å². The van der Waals surface area contributed by atoms with Crippen LogP contribution in [0.4, 0.5) is 0 Å². The van der Waals surface area contributed by atoms with E-state index in [1.165, 1.54) is 0 Å². The molecule has 0 aromatic carbocycles. The first-order valence-corrected chi connectivity index (χ1v) is 15.7. The van der Waals surface area contributed by atoms with Crippen molar-refractivity contribution < 1.29 is 109 Å². The second-order valence-electron chi connectivity index (χ2n) is 12.3. The van der Waals surface area contributed by atoms with Gasteiger partial charge in [0.15, 0.2) is 25.0 Å². The van der Waals surface area contributed by atoms with Crippen molar-refractivity contribution in [1.29, 1.82) is 0 Å². The number of aliphatic hydroxyl groups is 9. The van der Waals surface area contributed by atoms with Crippen LogP contribution in [0.2, 0.25) is 0 Å². The number of rotatable bonds is 12. The molecule has 2 amide bonds. The smallest absolute Gasteiger partial charge is 0.371 e. The SMILES string of the molecule is CC(=O)NC1C(O)O[C@H](CO)[C@@H](O)C1O[C@H]1O[C@H](C(=O)O)[C@@H](O[C@@H]2OC(CO)[C@H](O)[C@H](O[C@@H]3OC(C(=O)O)=C[C@H](O)C3O)C2NC(C)=O)C(O)C1O. The van der Waals surface area contributed by atoms with Crippen LogP contribution in [-0.4, -0.2) is 204 Å². The zero-order valence-corrected chi connectivity index (χ0v) is 27.3. The Bertz CT molecular complexity index is 1320. The highest BCUT2D eigenvalue weighted by Crippen LogP contribution is 2.34. The second-order valence-corrected chi connectivity index (χ2v) is 12.3. The van der Waals surface area contributed by atoms with Crippen molar-refractivity contribution in [3.63, 3.8) is 0 Å². The van der Waals surface area contributed by atoms with Crippen molar-refractivity contribution in [3.8, 4) is 0 Å². The average Bonchev–Trinajstić information content (AvgIpc) is 3.07. The lowest BCUT2D eigenvalue weighted by molar-refractivity contribution is -0.363. The van der Waals surface area contributed by atoms with Gasteiger partial charge in [0.25, 0.3) is 0 Å². The molecule has 4 aliphatic rings. The van der Waals surface area contributed by atoms with Gasteiger partial charge in [-0.25, -0.2) is 9.59 Å². The molecule has 18 atom stereocenters. The maximum Gasteiger partial charge on any atom is 0.371 e. The first-order valence-electron chi connectivity index (χ1n) is 15.7. The minimum Gasteiger partial charge on any atom is -0.479 e. The molecule has 0 bridgehead atoms. The van der Waals surface area contributed by atoms with Gasteiger partial charge in [0.1, 0.15) is 79.2 Å². The Morgan fingerprint density at radius 3 is 1.71 bits per heavy atom. The molecule has 24 heteroatoms. The van der Waals surface area contributed by atoms with Crippen LogP contribution < -0.4 is 10.6 Å². The summed E-state index contributed by atoms with van der Waals surface area (Å²) < 4.78 is 38.1. The van der Waals surface area contributed by atoms with E-state index in [0.29, 0.717) is 6.08 Å². The molecule has 4 heterocycles. The van der Waals surface area contributed by atoms with Gasteiger partial charge in [0.2, 0.25) is 23.9 Å². The molecule has 296 valence electrons. The summed E-state index contributed by atoms with van der Waals surface area (Å²) in [5.41, 5.74) is 0. The monoisotopic (exact) mass is 758 g/mol. The van der Waals surface area contributed by atoms with Crippen LogP contribution >= 0.6 is 0 Å². The van der Waals surface area contributed by atoms with Gasteiger partial charge in [-0.3, -0.25) is 9.59 Å². The van der Waals surface area contributed by atoms with Gasteiger partial charge >= 0.3 is 11.9 Å². The van der Waals surface area contributed by atoms with Crippen LogP contribution in [0.1, 0.15) is 13.8 Å². The molecule has 8 unspecified atom stereocenters. The van der Waals surface area contributed by atoms with Crippen LogP contribution in [0.3, 0.4) is 0 Å². The van der Waals surface area contributed by atoms with Gasteiger partial charge in [-0.2, -0.15) is 0 Å². The maximum atomic E-state index is 12.4. The Labute approximate surface area is 292 Å². The average molecular weight is 759 g/mol. The number of carbonyl (C=O) groups excluding carboxylic acids is 2. The summed E-state index contributed by atoms with van der Waals surface area (Å²) in [5.74, 6) is -5.97. The first-order chi connectivity index (χ1) is 24.4. The van der Waals surface area contributed by atoms with Crippen LogP contribution in [0, 0.1) is 0 Å². The van der Waals surface area contributed by atoms with Crippen molar-refractivity contribution in [2.75, 3.05) is 13.2 Å². The number of aliphatic hydroxyl groups excluding tert-OH is 9. The van der Waals surface area contributed by atoms with Crippen molar-refractivity contribution in [2.24, 2.45) is 0 Å². The van der Waals surface area contributed by atoms with Gasteiger partial charge in [-0.1, -0.05) is 0 Å². The summed E-state index contributed by atoms with van der Waals surface area (Å²) in [6.07, 6.45) is -30.6. The number of carboxylic acid groups (broad SMARTS) is 2. The predicted molar refractivity (Wildman–Crippen MR) is 156 cm³/mol. The Balaban J connectivity index is 1.62. The van der Waals surface area contributed by atoms with E-state index in [1.807, 2.05) is 0 Å². The number of nitrogens with one attached hydrogen (secondary N) is 2. The molecule has 24 nitrogen and oxygen atoms in total. The van der Waals surface area contributed by atoms with Crippen molar-refractivity contribution in [3.05, 3.63) is 11.8 Å². The fourth-order valence-electron chi connectivity index (χ4n) is 6.01. The van der Waals surface area contributed by atoms with E-state index in [-0.39, 0.29) is 0 Å². The topological polar surface area (TPSA) is 379 Å². The summed E-state index contributed by atoms with van der Waals surface area (Å²) in [7, 11) is 0. The number of carbonyl (C=O) groups is 4. The number of carboxylic acids is 2. The summed E-state index contributed by atoms with van der Waals surface area (Å²) in [4.78, 5) is 48.0. The van der Waals surface area contributed by atoms with E-state index < -0.39 is 153 Å². The number of hydrogen-bond donors (Lipinski definition) is 13. The Morgan fingerprint density at radius 2 is 1.17 bits per heavy atom. The normalized spacial score (nSPS) is 43.8. The van der Waals surface area contributed by atoms with Gasteiger partial charge in [-0.15, -0.1) is 0 Å². The second kappa shape index (κ2) is 17.3. The summed E-state index contributed by atoms with van der Waals surface area (Å²) in [6, 6.07) is -3.31. The third-order valence-electron chi connectivity index (χ3n) is 8.53. The van der Waals surface area contributed by atoms with E-state index in [4.69, 9.17) is 33.2 Å². The third kappa shape index (κ3) is 8.95. The number of aliphatic carboxylic acids is 2. The zero-order valence-electron chi connectivity index (χ0n) is 27.3. The molecular formula is C28H42N2O22. The highest BCUT2D eigenvalue weighted by Gasteiger charge is 2.56. The van der Waals surface area contributed by atoms with E-state index >= 15 is 0 Å². The van der Waals surface area contributed by atoms with Gasteiger partial charge in [0, 0.05) is 13.8 Å². The van der Waals surface area contributed by atoms with Crippen LogP contribution in [-0.2, 0) is 52.3 Å². The predicted octanol–water partition coefficient (Wildman–Crippen LogP) is -8.12. The molecule has 3 saturated heterocycles. The molecule has 13 N–H and O–H groups in total. The van der Waals surface area contributed by atoms with Crippen LogP contribution in [0.15, 0.2) is 11.8 Å². The molecule has 0 aromatic rings. The van der Waals surface area contributed by atoms with Crippen LogP contribution in [0.5, 0.6) is 0 Å². The van der Waals surface area contributed by atoms with E-state index in [9.17, 15) is 75.3 Å². The lowest BCUT2D eigenvalue weighted by Gasteiger charge is -2.49. The van der Waals surface area contributed by atoms with Gasteiger partial charge in [0.05, 0.1) is 13.2 Å². The molecule has 0 aromatic heterocycles. The molecule has 0 aliphatic carbocycles. The highest BCUT2D eigenvalue weighted by molar-refractivity contribution is 5.84. The molecule has 4 aliphatic heterocycles. The lowest BCUT2D eigenvalue weighted by atomic mass is 9.94. The van der Waals surface area contributed by atoms with E-state index in [1.54, 1.807) is 0 Å². The molecular weight excluding hydrogens is 716 g/mol. The molecule has 4 rings (SSSR count). The van der Waals surface area contributed by atoms with E-state index in [0.717, 1.165) is 13.8 Å². The Hall–Kier alpha value is -3.18. The van der Waals surface area contributed by atoms with E-state index in [2.05, 4.69) is 10.6 Å². The quantitative estimate of drug-likeness (QED) is 0.0878. The van der Waals surface area contributed by atoms with Gasteiger partial charge < -0.3 is 100.0 Å². The fraction of sp³-hybridized carbons (Fsp3) is 0.786. The lowest BCUT2D eigenvalue weighted by Crippen LogP contribution is -2.70. The molecule has 3 fully saturated rings. The first kappa shape index (κ1) is 41.6. The largest absolute Gasteiger partial charge is 0.479 e. The molecule has 0 spiro atoms. The summed E-state index contributed by atoms with van der Waals surface area (Å²) >= 11 is 0. The van der Waals surface area contributed by atoms with Crippen molar-refractivity contribution in [2.45, 2.75) is 124 Å². The zero-order chi connectivity index (χ0) is 38.8. The Morgan fingerprint density at radius 1 is 0.654 bits per heavy atom. The summed E-state index contributed by atoms with van der Waals surface area (Å²) in [6.45, 7) is 0.187. The standard InChI is InChI=1S/C28H42N2O22/c1-6(33)29-12-19(15(37)10(4-31)46-25(12)45)49-28-18(40)17(39)21(22(52-28)24(43)44)51-26-13(30-7(2)34)20(16(38)11(5-32)48-26)50-27-14(36)8(35)3-9(47-27)23(41)42/h3,8,10-22,25-28,31-32,35-40,45H,4-5H2,1-2H3,(H,29,33)(H,30,34)(H,41,42)(H,43,44)/t8-,10+,11?,12?,13?,14?,15+,16-,17?,18?,19?,20+,21-,22-,25?,26-,27-,28-/m0/s1. The molecule has 52 heavy (non-hydrogen) atoms. The van der Waals surface area contributed by atoms with Gasteiger partial charge in [-0.05, 0) is 6.08 Å². The Kier molecular flexibility index (Phi) is 13.8. The highest BCUT2D eigenvalue weighted by atomic mass is 16.8. The minimum atomic E-state index is -2.28. The third-order valence-corrected chi connectivity index (χ3v) is 8.53. The maximum absolute atomic E-state index is 12.4.